The lowest BCUT2D eigenvalue weighted by Crippen LogP contribution is -2.71. The van der Waals surface area contributed by atoms with Crippen molar-refractivity contribution < 1.29 is 33.5 Å². The third kappa shape index (κ3) is 5.97. The summed E-state index contributed by atoms with van der Waals surface area (Å²) in [6, 6.07) is 4.48. The minimum absolute atomic E-state index is 0.00545. The zero-order valence-electron chi connectivity index (χ0n) is 19.3. The van der Waals surface area contributed by atoms with E-state index in [1.54, 1.807) is 19.3 Å². The maximum absolute atomic E-state index is 13.1. The molecular formula is C19H23N9O6PS2+. The van der Waals surface area contributed by atoms with Gasteiger partial charge < -0.3 is 15.3 Å². The average molecular weight is 569 g/mol. The smallest absolute Gasteiger partial charge is 0.352 e. The molecule has 0 bridgehead atoms. The van der Waals surface area contributed by atoms with Crippen molar-refractivity contribution in [2.75, 3.05) is 17.4 Å². The highest BCUT2D eigenvalue weighted by Crippen LogP contribution is 2.40. The second kappa shape index (κ2) is 10.9. The number of fused-ring (bicyclic) bond motifs is 1. The van der Waals surface area contributed by atoms with Crippen molar-refractivity contribution in [3.05, 3.63) is 47.7 Å². The number of aliphatic carboxylic acids is 1. The molecule has 0 aliphatic carbocycles. The first-order valence-electron chi connectivity index (χ1n) is 10.7. The summed E-state index contributed by atoms with van der Waals surface area (Å²) in [5.74, 6) is -2.43. The summed E-state index contributed by atoms with van der Waals surface area (Å²) in [5, 5.41) is 17.9. The normalized spacial score (nSPS) is 19.7. The van der Waals surface area contributed by atoms with Crippen LogP contribution < -0.4 is 26.0 Å². The Hall–Kier alpha value is -3.37. The van der Waals surface area contributed by atoms with E-state index >= 15 is 0 Å². The van der Waals surface area contributed by atoms with E-state index in [4.69, 9.17) is 15.8 Å². The molecule has 1 unspecified atom stereocenters. The molecule has 0 spiro atoms. The monoisotopic (exact) mass is 568 g/mol. The summed E-state index contributed by atoms with van der Waals surface area (Å²) in [5.41, 5.74) is 10.7. The molecule has 4 rings (SSSR count). The summed E-state index contributed by atoms with van der Waals surface area (Å²) in [6.07, 6.45) is 3.60. The van der Waals surface area contributed by atoms with Crippen LogP contribution in [-0.2, 0) is 30.3 Å². The van der Waals surface area contributed by atoms with Crippen LogP contribution in [0.4, 0.5) is 5.13 Å². The molecule has 0 aromatic carbocycles. The molecule has 18 heteroatoms. The third-order valence-electron chi connectivity index (χ3n) is 5.10. The van der Waals surface area contributed by atoms with E-state index in [-0.39, 0.29) is 29.0 Å². The van der Waals surface area contributed by atoms with Gasteiger partial charge in [0.25, 0.3) is 19.4 Å². The van der Waals surface area contributed by atoms with E-state index in [1.165, 1.54) is 16.7 Å². The van der Waals surface area contributed by atoms with E-state index in [0.717, 1.165) is 11.5 Å². The highest BCUT2D eigenvalue weighted by molar-refractivity contribution is 8.00. The Labute approximate surface area is 218 Å². The quantitative estimate of drug-likeness (QED) is 0.0801. The van der Waals surface area contributed by atoms with Crippen molar-refractivity contribution >= 4 is 59.5 Å². The van der Waals surface area contributed by atoms with Gasteiger partial charge in [0, 0.05) is 35.0 Å². The van der Waals surface area contributed by atoms with Crippen molar-refractivity contribution in [3.8, 4) is 0 Å². The Balaban J connectivity index is 1.52. The highest BCUT2D eigenvalue weighted by Gasteiger charge is 2.54. The van der Waals surface area contributed by atoms with Crippen LogP contribution in [0.3, 0.4) is 0 Å². The fourth-order valence-corrected chi connectivity index (χ4v) is 6.31. The van der Waals surface area contributed by atoms with Crippen LogP contribution in [0.5, 0.6) is 0 Å². The van der Waals surface area contributed by atoms with Crippen LogP contribution >= 0.6 is 30.9 Å². The zero-order valence-corrected chi connectivity index (χ0v) is 21.8. The molecule has 7 N–H and O–H groups in total. The highest BCUT2D eigenvalue weighted by atomic mass is 32.2. The van der Waals surface area contributed by atoms with Gasteiger partial charge in [-0.15, -0.1) is 11.8 Å². The number of aromatic nitrogens is 3. The number of nitrogens with zero attached hydrogens (tertiary/aromatic N) is 5. The van der Waals surface area contributed by atoms with Gasteiger partial charge in [-0.1, -0.05) is 11.2 Å². The predicted molar refractivity (Wildman–Crippen MR) is 134 cm³/mol. The van der Waals surface area contributed by atoms with Gasteiger partial charge in [-0.25, -0.2) is 9.36 Å². The molecule has 2 aromatic rings. The Morgan fingerprint density at radius 1 is 1.35 bits per heavy atom. The first-order valence-corrected chi connectivity index (χ1v) is 14.4. The number of carboxylic acid groups (broad SMARTS) is 1. The van der Waals surface area contributed by atoms with Crippen LogP contribution in [-0.4, -0.2) is 66.6 Å². The molecule has 1 saturated heterocycles. The molecule has 2 atom stereocenters. The number of β-lactam (4-membered cyclic amide) rings is 1. The first kappa shape index (κ1) is 26.7. The van der Waals surface area contributed by atoms with E-state index < -0.39 is 36.8 Å². The number of rotatable bonds is 10. The van der Waals surface area contributed by atoms with Gasteiger partial charge in [-0.05, 0) is 6.92 Å². The number of nitrogens with one attached hydrogen (secondary N) is 2. The van der Waals surface area contributed by atoms with Crippen LogP contribution in [0.2, 0.25) is 0 Å². The number of hydrogen-bond acceptors (Lipinski definition) is 10. The van der Waals surface area contributed by atoms with Crippen molar-refractivity contribution in [1.29, 1.82) is 0 Å². The van der Waals surface area contributed by atoms with Crippen molar-refractivity contribution in [2.24, 2.45) is 16.2 Å². The van der Waals surface area contributed by atoms with E-state index in [1.807, 2.05) is 22.8 Å². The summed E-state index contributed by atoms with van der Waals surface area (Å²) < 4.78 is 17.4. The second-order valence-electron chi connectivity index (χ2n) is 7.77. The van der Waals surface area contributed by atoms with Crippen molar-refractivity contribution in [3.63, 3.8) is 0 Å². The molecule has 0 radical (unpaired) electrons. The number of anilines is 1. The fraction of sp³-hybridized carbons (Fsp3) is 0.316. The summed E-state index contributed by atoms with van der Waals surface area (Å²) >= 11 is 2.08. The maximum Gasteiger partial charge on any atom is 0.352 e. The van der Waals surface area contributed by atoms with Crippen LogP contribution in [0, 0.1) is 0 Å². The lowest BCUT2D eigenvalue weighted by molar-refractivity contribution is -0.689. The largest absolute Gasteiger partial charge is 0.477 e. The topological polar surface area (TPSA) is 219 Å². The molecule has 2 aliphatic heterocycles. The molecule has 37 heavy (non-hydrogen) atoms. The number of nitrogens with two attached hydrogens (primary N) is 2. The molecule has 1 fully saturated rings. The van der Waals surface area contributed by atoms with Gasteiger partial charge in [0.05, 0.1) is 0 Å². The number of oxime groups is 1. The molecule has 2 aromatic heterocycles. The summed E-state index contributed by atoms with van der Waals surface area (Å²) in [7, 11) is -3.65. The molecule has 15 nitrogen and oxygen atoms in total. The summed E-state index contributed by atoms with van der Waals surface area (Å²) in [4.78, 5) is 48.3. The molecule has 196 valence electrons. The summed E-state index contributed by atoms with van der Waals surface area (Å²) in [6.45, 7) is 2.09. The predicted octanol–water partition coefficient (Wildman–Crippen LogP) is -0.558. The third-order valence-corrected chi connectivity index (χ3v) is 7.78. The minimum atomic E-state index is -3.65. The Morgan fingerprint density at radius 2 is 2.08 bits per heavy atom. The van der Waals surface area contributed by atoms with E-state index in [9.17, 15) is 24.1 Å². The average Bonchev–Trinajstić information content (AvgIpc) is 3.29. The van der Waals surface area contributed by atoms with Gasteiger partial charge in [0.15, 0.2) is 18.9 Å². The first-order chi connectivity index (χ1) is 17.6. The number of hydrogen-bond donors (Lipinski definition) is 5. The molecule has 0 saturated carbocycles. The van der Waals surface area contributed by atoms with Gasteiger partial charge in [-0.3, -0.25) is 35.1 Å². The van der Waals surface area contributed by atoms with Crippen LogP contribution in [0.1, 0.15) is 12.7 Å². The van der Waals surface area contributed by atoms with Gasteiger partial charge in [0.2, 0.25) is 16.7 Å². The lowest BCUT2D eigenvalue weighted by atomic mass is 10.0. The van der Waals surface area contributed by atoms with Gasteiger partial charge >= 0.3 is 5.97 Å². The van der Waals surface area contributed by atoms with Gasteiger partial charge in [-0.2, -0.15) is 9.36 Å². The Morgan fingerprint density at radius 3 is 2.73 bits per heavy atom. The molecule has 2 amide bonds. The number of carboxylic acids is 1. The number of carbonyl (C=O) groups is 3. The van der Waals surface area contributed by atoms with Gasteiger partial charge in [0.1, 0.15) is 23.7 Å². The van der Waals surface area contributed by atoms with E-state index in [0.29, 0.717) is 17.9 Å². The molecule has 2 aliphatic rings. The maximum atomic E-state index is 13.1. The van der Waals surface area contributed by atoms with Crippen LogP contribution in [0.15, 0.2) is 47.0 Å². The number of carbonyl (C=O) groups excluding carboxylic acids is 2. The van der Waals surface area contributed by atoms with Crippen molar-refractivity contribution in [2.45, 2.75) is 24.9 Å². The molecule has 4 heterocycles. The van der Waals surface area contributed by atoms with Crippen molar-refractivity contribution in [1.82, 2.24) is 19.6 Å². The second-order valence-corrected chi connectivity index (χ2v) is 11.3. The Kier molecular flexibility index (Phi) is 7.89. The number of thioether (sulfide) groups is 1. The standard InChI is InChI=1S/C19H22N9O6PS2/c1-2-34-24-11(14-23-19(37-26-14)25-35(20,21)33)15(29)22-12-16(30)28-13(18(31)32)10(9-36-17(12)28)8-27-6-4-3-5-7-27/h3-7,12,17H,2,8-9H2,1H3,(H6-,20,21,22,23,25,26,29,31,32,33)/p+1/b24-11-/t12?,17-/m1/s1. The SMILES string of the molecule is CCO/N=C(\C(=O)NC1C(=O)N2C(C(=O)O)=C(C[n+]3ccccc3)CS[C@H]12)c1nsc(NP(N)(N)=O)n1. The number of pyridine rings is 1. The van der Waals surface area contributed by atoms with E-state index in [2.05, 4.69) is 24.9 Å². The lowest BCUT2D eigenvalue weighted by Gasteiger charge is -2.49. The number of amides is 2. The van der Waals surface area contributed by atoms with Crippen LogP contribution in [0.25, 0.3) is 0 Å². The minimum Gasteiger partial charge on any atom is -0.477 e. The molecular weight excluding hydrogens is 545 g/mol. The fourth-order valence-electron chi connectivity index (χ4n) is 3.60. The Bertz CT molecular complexity index is 1330. The zero-order chi connectivity index (χ0) is 26.7.